The third-order valence-corrected chi connectivity index (χ3v) is 5.84. The highest BCUT2D eigenvalue weighted by molar-refractivity contribution is 5.78. The Balaban J connectivity index is 2.26. The van der Waals surface area contributed by atoms with Crippen LogP contribution in [0.5, 0.6) is 11.5 Å². The summed E-state index contributed by atoms with van der Waals surface area (Å²) in [6.45, 7) is 0. The Morgan fingerprint density at radius 1 is 0.875 bits per heavy atom. The molecule has 0 heterocycles. The number of benzene rings is 3. The lowest BCUT2D eigenvalue weighted by atomic mass is 9.76. The molecule has 0 bridgehead atoms. The summed E-state index contributed by atoms with van der Waals surface area (Å²) in [6, 6.07) is 13.2. The SMILES string of the molecule is COc1c(F)cccc1C(Cc1ccccc1)(NC(=O)CCC(F)(F)F)c1ccc(OC(F)(F)C(F)F)cc1F. The summed E-state index contributed by atoms with van der Waals surface area (Å²) >= 11 is 0. The number of hydrogen-bond acceptors (Lipinski definition) is 3. The van der Waals surface area contributed by atoms with E-state index in [4.69, 9.17) is 4.74 Å². The lowest BCUT2D eigenvalue weighted by Gasteiger charge is -2.37. The predicted molar refractivity (Wildman–Crippen MR) is 125 cm³/mol. The van der Waals surface area contributed by atoms with Gasteiger partial charge in [-0.2, -0.15) is 30.7 Å². The van der Waals surface area contributed by atoms with Crippen LogP contribution in [0.2, 0.25) is 0 Å². The van der Waals surface area contributed by atoms with E-state index < -0.39 is 71.7 Å². The zero-order chi connectivity index (χ0) is 29.7. The van der Waals surface area contributed by atoms with Gasteiger partial charge in [-0.3, -0.25) is 4.79 Å². The molecule has 0 aliphatic carbocycles. The molecule has 13 heteroatoms. The van der Waals surface area contributed by atoms with Crippen molar-refractivity contribution in [3.63, 3.8) is 0 Å². The van der Waals surface area contributed by atoms with Crippen LogP contribution in [0.1, 0.15) is 29.5 Å². The van der Waals surface area contributed by atoms with Crippen molar-refractivity contribution in [3.05, 3.63) is 95.1 Å². The summed E-state index contributed by atoms with van der Waals surface area (Å²) in [4.78, 5) is 12.9. The Morgan fingerprint density at radius 3 is 2.12 bits per heavy atom. The lowest BCUT2D eigenvalue weighted by molar-refractivity contribution is -0.253. The molecule has 1 unspecified atom stereocenters. The molecule has 3 aromatic carbocycles. The van der Waals surface area contributed by atoms with Crippen LogP contribution >= 0.6 is 0 Å². The number of alkyl halides is 7. The van der Waals surface area contributed by atoms with Gasteiger partial charge in [0.1, 0.15) is 17.1 Å². The van der Waals surface area contributed by atoms with Gasteiger partial charge in [0.05, 0.1) is 13.5 Å². The van der Waals surface area contributed by atoms with Crippen molar-refractivity contribution in [2.24, 2.45) is 0 Å². The summed E-state index contributed by atoms with van der Waals surface area (Å²) in [5.41, 5.74) is -2.52. The zero-order valence-corrected chi connectivity index (χ0v) is 20.7. The molecule has 0 aliphatic heterocycles. The molecule has 0 fully saturated rings. The van der Waals surface area contributed by atoms with E-state index in [0.29, 0.717) is 17.7 Å². The van der Waals surface area contributed by atoms with Gasteiger partial charge in [-0.05, 0) is 23.8 Å². The number of hydrogen-bond donors (Lipinski definition) is 1. The molecular weight excluding hydrogens is 557 g/mol. The Morgan fingerprint density at radius 2 is 1.55 bits per heavy atom. The van der Waals surface area contributed by atoms with Crippen LogP contribution in [0.15, 0.2) is 66.7 Å². The number of nitrogens with one attached hydrogen (secondary N) is 1. The Bertz CT molecular complexity index is 1320. The van der Waals surface area contributed by atoms with Gasteiger partial charge >= 0.3 is 18.7 Å². The second kappa shape index (κ2) is 12.1. The fourth-order valence-electron chi connectivity index (χ4n) is 4.13. The molecule has 3 aromatic rings. The van der Waals surface area contributed by atoms with Gasteiger partial charge < -0.3 is 14.8 Å². The first-order valence-electron chi connectivity index (χ1n) is 11.6. The molecule has 1 amide bonds. The number of methoxy groups -OCH3 is 1. The molecule has 0 saturated heterocycles. The summed E-state index contributed by atoms with van der Waals surface area (Å²) in [7, 11) is 1.07. The normalized spacial score (nSPS) is 13.6. The van der Waals surface area contributed by atoms with Crippen LogP contribution in [-0.2, 0) is 16.8 Å². The molecule has 1 atom stereocenters. The van der Waals surface area contributed by atoms with Gasteiger partial charge in [-0.1, -0.05) is 42.5 Å². The van der Waals surface area contributed by atoms with Crippen LogP contribution in [-0.4, -0.2) is 31.7 Å². The van der Waals surface area contributed by atoms with Crippen molar-refractivity contribution < 1.29 is 53.8 Å². The topological polar surface area (TPSA) is 47.6 Å². The molecular formula is C27H22F9NO3. The van der Waals surface area contributed by atoms with Crippen LogP contribution in [0.25, 0.3) is 0 Å². The molecule has 0 saturated carbocycles. The third kappa shape index (κ3) is 7.19. The molecule has 0 aromatic heterocycles. The third-order valence-electron chi connectivity index (χ3n) is 5.84. The highest BCUT2D eigenvalue weighted by Gasteiger charge is 2.45. The summed E-state index contributed by atoms with van der Waals surface area (Å²) < 4.78 is 130. The Hall–Kier alpha value is -3.90. The predicted octanol–water partition coefficient (Wildman–Crippen LogP) is 7.16. The van der Waals surface area contributed by atoms with Crippen LogP contribution in [0, 0.1) is 11.6 Å². The smallest absolute Gasteiger partial charge is 0.461 e. The molecule has 216 valence electrons. The minimum Gasteiger partial charge on any atom is -0.493 e. The average Bonchev–Trinajstić information content (AvgIpc) is 2.87. The van der Waals surface area contributed by atoms with Gasteiger partial charge in [-0.15, -0.1) is 0 Å². The highest BCUT2D eigenvalue weighted by atomic mass is 19.4. The number of para-hydroxylation sites is 1. The molecule has 0 spiro atoms. The van der Waals surface area contributed by atoms with E-state index in [1.165, 1.54) is 12.1 Å². The monoisotopic (exact) mass is 579 g/mol. The maximum atomic E-state index is 15.7. The summed E-state index contributed by atoms with van der Waals surface area (Å²) in [6.07, 6.45) is -16.9. The number of halogens is 9. The molecule has 1 N–H and O–H groups in total. The molecule has 0 aliphatic rings. The molecule has 0 radical (unpaired) electrons. The van der Waals surface area contributed by atoms with E-state index in [2.05, 4.69) is 10.1 Å². The largest absolute Gasteiger partial charge is 0.493 e. The summed E-state index contributed by atoms with van der Waals surface area (Å²) in [5, 5.41) is 2.38. The van der Waals surface area contributed by atoms with Crippen molar-refractivity contribution in [3.8, 4) is 11.5 Å². The number of carbonyl (C=O) groups excluding carboxylic acids is 1. The van der Waals surface area contributed by atoms with E-state index in [-0.39, 0.29) is 12.0 Å². The van der Waals surface area contributed by atoms with Gasteiger partial charge in [0.2, 0.25) is 5.91 Å². The van der Waals surface area contributed by atoms with Gasteiger partial charge in [-0.25, -0.2) is 8.78 Å². The van der Waals surface area contributed by atoms with Gasteiger partial charge in [0.25, 0.3) is 0 Å². The fraction of sp³-hybridized carbons (Fsp3) is 0.296. The maximum absolute atomic E-state index is 15.7. The van der Waals surface area contributed by atoms with E-state index in [9.17, 15) is 39.9 Å². The van der Waals surface area contributed by atoms with Gasteiger partial charge in [0, 0.05) is 30.0 Å². The van der Waals surface area contributed by atoms with Crippen molar-refractivity contribution >= 4 is 5.91 Å². The second-order valence-corrected chi connectivity index (χ2v) is 8.66. The first-order chi connectivity index (χ1) is 18.7. The van der Waals surface area contributed by atoms with Crippen LogP contribution in [0.3, 0.4) is 0 Å². The van der Waals surface area contributed by atoms with Gasteiger partial charge in [0.15, 0.2) is 11.6 Å². The minimum atomic E-state index is -4.97. The van der Waals surface area contributed by atoms with E-state index in [0.717, 1.165) is 19.2 Å². The Kier molecular flexibility index (Phi) is 9.26. The lowest BCUT2D eigenvalue weighted by Crippen LogP contribution is -2.49. The van der Waals surface area contributed by atoms with Crippen molar-refractivity contribution in [1.82, 2.24) is 5.32 Å². The first kappa shape index (κ1) is 30.6. The van der Waals surface area contributed by atoms with E-state index in [1.54, 1.807) is 30.3 Å². The maximum Gasteiger partial charge on any atom is 0.461 e. The van der Waals surface area contributed by atoms with Crippen molar-refractivity contribution in [2.45, 2.75) is 43.5 Å². The Labute approximate surface area is 222 Å². The fourth-order valence-corrected chi connectivity index (χ4v) is 4.13. The molecule has 3 rings (SSSR count). The first-order valence-corrected chi connectivity index (χ1v) is 11.6. The second-order valence-electron chi connectivity index (χ2n) is 8.66. The van der Waals surface area contributed by atoms with Crippen molar-refractivity contribution in [2.75, 3.05) is 7.11 Å². The van der Waals surface area contributed by atoms with E-state index in [1.807, 2.05) is 0 Å². The summed E-state index contributed by atoms with van der Waals surface area (Å²) in [5.74, 6) is -5.03. The number of rotatable bonds is 11. The standard InChI is InChI=1S/C27H22F9NO3/c1-39-23-19(8-5-9-20(23)28)25(15-16-6-3-2-4-7-16,37-22(38)12-13-26(32,33)34)18-11-10-17(14-21(18)29)40-27(35,36)24(30)31/h2-11,14,24H,12-13,15H2,1H3,(H,37,38). The zero-order valence-electron chi connectivity index (χ0n) is 20.7. The molecule has 40 heavy (non-hydrogen) atoms. The van der Waals surface area contributed by atoms with E-state index >= 15 is 4.39 Å². The number of ether oxygens (including phenoxy) is 2. The quantitative estimate of drug-likeness (QED) is 0.246. The van der Waals surface area contributed by atoms with Crippen LogP contribution < -0.4 is 14.8 Å². The highest BCUT2D eigenvalue weighted by Crippen LogP contribution is 2.42. The average molecular weight is 579 g/mol. The number of carbonyl (C=O) groups is 1. The minimum absolute atomic E-state index is 0.218. The van der Waals surface area contributed by atoms with Crippen LogP contribution in [0.4, 0.5) is 39.5 Å². The van der Waals surface area contributed by atoms with Crippen molar-refractivity contribution in [1.29, 1.82) is 0 Å². The molecule has 4 nitrogen and oxygen atoms in total. The number of amides is 1.